The Morgan fingerprint density at radius 3 is 2.35 bits per heavy atom. The average molecular weight is 367 g/mol. The summed E-state index contributed by atoms with van der Waals surface area (Å²) in [6, 6.07) is 14.7. The van der Waals surface area contributed by atoms with Crippen molar-refractivity contribution in [3.63, 3.8) is 0 Å². The van der Waals surface area contributed by atoms with Crippen molar-refractivity contribution in [2.75, 3.05) is 10.6 Å². The molecule has 0 aliphatic heterocycles. The SMILES string of the molecule is CC(=O)c1ccc(Nc2nc(C)cc(Nc3ccc(Cl)cc3C)n2)cc1. The molecule has 0 fully saturated rings. The number of rotatable bonds is 5. The summed E-state index contributed by atoms with van der Waals surface area (Å²) in [4.78, 5) is 20.3. The number of hydrogen-bond donors (Lipinski definition) is 2. The Hall–Kier alpha value is -2.92. The van der Waals surface area contributed by atoms with E-state index < -0.39 is 0 Å². The van der Waals surface area contributed by atoms with Crippen molar-refractivity contribution in [1.82, 2.24) is 9.97 Å². The first-order chi connectivity index (χ1) is 12.4. The number of halogens is 1. The van der Waals surface area contributed by atoms with Crippen LogP contribution in [-0.4, -0.2) is 15.8 Å². The molecule has 132 valence electrons. The lowest BCUT2D eigenvalue weighted by Crippen LogP contribution is -2.03. The molecular formula is C20H19ClN4O. The molecule has 0 aliphatic carbocycles. The molecule has 0 amide bonds. The molecule has 0 spiro atoms. The summed E-state index contributed by atoms with van der Waals surface area (Å²) in [6.45, 7) is 5.44. The van der Waals surface area contributed by atoms with Gasteiger partial charge in [0.25, 0.3) is 0 Å². The Bertz CT molecular complexity index is 955. The quantitative estimate of drug-likeness (QED) is 0.589. The fourth-order valence-electron chi connectivity index (χ4n) is 2.51. The van der Waals surface area contributed by atoms with Gasteiger partial charge < -0.3 is 10.6 Å². The van der Waals surface area contributed by atoms with Crippen molar-refractivity contribution >= 4 is 40.5 Å². The molecule has 0 saturated heterocycles. The minimum absolute atomic E-state index is 0.0353. The van der Waals surface area contributed by atoms with E-state index in [0.717, 1.165) is 22.6 Å². The Morgan fingerprint density at radius 2 is 1.69 bits per heavy atom. The summed E-state index contributed by atoms with van der Waals surface area (Å²) in [6.07, 6.45) is 0. The fourth-order valence-corrected chi connectivity index (χ4v) is 2.74. The summed E-state index contributed by atoms with van der Waals surface area (Å²) >= 11 is 6.01. The van der Waals surface area contributed by atoms with Crippen LogP contribution in [0.25, 0.3) is 0 Å². The highest BCUT2D eigenvalue weighted by atomic mass is 35.5. The van der Waals surface area contributed by atoms with Crippen LogP contribution < -0.4 is 10.6 Å². The second-order valence-electron chi connectivity index (χ2n) is 6.06. The fraction of sp³-hybridized carbons (Fsp3) is 0.150. The van der Waals surface area contributed by atoms with Gasteiger partial charge in [-0.05, 0) is 68.8 Å². The average Bonchev–Trinajstić information content (AvgIpc) is 2.57. The molecule has 1 aromatic heterocycles. The van der Waals surface area contributed by atoms with Crippen LogP contribution in [-0.2, 0) is 0 Å². The summed E-state index contributed by atoms with van der Waals surface area (Å²) in [5.41, 5.74) is 4.28. The largest absolute Gasteiger partial charge is 0.340 e. The van der Waals surface area contributed by atoms with Gasteiger partial charge in [-0.2, -0.15) is 4.98 Å². The number of anilines is 4. The molecule has 0 unspecified atom stereocenters. The van der Waals surface area contributed by atoms with E-state index in [1.165, 1.54) is 0 Å². The molecule has 26 heavy (non-hydrogen) atoms. The number of Topliss-reactive ketones (excluding diaryl/α,β-unsaturated/α-hetero) is 1. The molecule has 0 atom stereocenters. The lowest BCUT2D eigenvalue weighted by molar-refractivity contribution is 0.101. The van der Waals surface area contributed by atoms with Crippen molar-refractivity contribution < 1.29 is 4.79 Å². The van der Waals surface area contributed by atoms with Gasteiger partial charge in [-0.25, -0.2) is 4.98 Å². The van der Waals surface area contributed by atoms with E-state index in [9.17, 15) is 4.79 Å². The van der Waals surface area contributed by atoms with Gasteiger partial charge >= 0.3 is 0 Å². The summed E-state index contributed by atoms with van der Waals surface area (Å²) < 4.78 is 0. The third-order valence-electron chi connectivity index (χ3n) is 3.85. The molecular weight excluding hydrogens is 348 g/mol. The first kappa shape index (κ1) is 17.9. The van der Waals surface area contributed by atoms with E-state index in [0.29, 0.717) is 22.4 Å². The maximum absolute atomic E-state index is 11.4. The second-order valence-corrected chi connectivity index (χ2v) is 6.50. The van der Waals surface area contributed by atoms with Crippen molar-refractivity contribution in [3.8, 4) is 0 Å². The van der Waals surface area contributed by atoms with Crippen LogP contribution in [0.5, 0.6) is 0 Å². The lowest BCUT2D eigenvalue weighted by Gasteiger charge is -2.12. The molecule has 3 rings (SSSR count). The van der Waals surface area contributed by atoms with E-state index in [2.05, 4.69) is 20.6 Å². The maximum atomic E-state index is 11.4. The van der Waals surface area contributed by atoms with E-state index in [1.54, 1.807) is 19.1 Å². The molecule has 0 saturated carbocycles. The van der Waals surface area contributed by atoms with E-state index >= 15 is 0 Å². The molecule has 0 radical (unpaired) electrons. The first-order valence-corrected chi connectivity index (χ1v) is 8.55. The van der Waals surface area contributed by atoms with Gasteiger partial charge in [0.1, 0.15) is 5.82 Å². The zero-order valence-corrected chi connectivity index (χ0v) is 15.6. The highest BCUT2D eigenvalue weighted by Crippen LogP contribution is 2.24. The zero-order valence-electron chi connectivity index (χ0n) is 14.8. The van der Waals surface area contributed by atoms with Crippen LogP contribution in [0.1, 0.15) is 28.5 Å². The minimum atomic E-state index is 0.0353. The highest BCUT2D eigenvalue weighted by Gasteiger charge is 2.06. The highest BCUT2D eigenvalue weighted by molar-refractivity contribution is 6.30. The number of benzene rings is 2. The van der Waals surface area contributed by atoms with Crippen LogP contribution >= 0.6 is 11.6 Å². The van der Waals surface area contributed by atoms with Crippen molar-refractivity contribution in [3.05, 3.63) is 70.4 Å². The molecule has 1 heterocycles. The molecule has 2 aromatic carbocycles. The standard InChI is InChI=1S/C20H19ClN4O/c1-12-10-16(21)6-9-18(12)24-19-11-13(2)22-20(25-19)23-17-7-4-15(5-8-17)14(3)26/h4-11H,1-3H3,(H2,22,23,24,25). The van der Waals surface area contributed by atoms with E-state index in [4.69, 9.17) is 11.6 Å². The molecule has 3 aromatic rings. The zero-order chi connectivity index (χ0) is 18.7. The number of aromatic nitrogens is 2. The molecule has 2 N–H and O–H groups in total. The van der Waals surface area contributed by atoms with Crippen molar-refractivity contribution in [2.24, 2.45) is 0 Å². The summed E-state index contributed by atoms with van der Waals surface area (Å²) in [5, 5.41) is 7.16. The van der Waals surface area contributed by atoms with E-state index in [-0.39, 0.29) is 5.78 Å². The van der Waals surface area contributed by atoms with Crippen molar-refractivity contribution in [1.29, 1.82) is 0 Å². The number of aryl methyl sites for hydroxylation is 2. The minimum Gasteiger partial charge on any atom is -0.340 e. The second kappa shape index (κ2) is 7.54. The van der Waals surface area contributed by atoms with Gasteiger partial charge in [0.15, 0.2) is 5.78 Å². The van der Waals surface area contributed by atoms with Gasteiger partial charge in [0, 0.05) is 33.7 Å². The number of nitrogens with zero attached hydrogens (tertiary/aromatic N) is 2. The predicted molar refractivity (Wildman–Crippen MR) is 106 cm³/mol. The normalized spacial score (nSPS) is 10.5. The smallest absolute Gasteiger partial charge is 0.229 e. The van der Waals surface area contributed by atoms with Crippen LogP contribution in [0.15, 0.2) is 48.5 Å². The Morgan fingerprint density at radius 1 is 0.962 bits per heavy atom. The van der Waals surface area contributed by atoms with E-state index in [1.807, 2.05) is 50.2 Å². The molecule has 5 nitrogen and oxygen atoms in total. The number of carbonyl (C=O) groups is 1. The topological polar surface area (TPSA) is 66.9 Å². The molecule has 0 bridgehead atoms. The Kier molecular flexibility index (Phi) is 5.19. The van der Waals surface area contributed by atoms with Gasteiger partial charge in [0.05, 0.1) is 0 Å². The third-order valence-corrected chi connectivity index (χ3v) is 4.09. The predicted octanol–water partition coefficient (Wildman–Crippen LogP) is 5.44. The number of carbonyl (C=O) groups excluding carboxylic acids is 1. The Labute approximate surface area is 157 Å². The molecule has 0 aliphatic rings. The third kappa shape index (κ3) is 4.37. The van der Waals surface area contributed by atoms with Gasteiger partial charge in [-0.15, -0.1) is 0 Å². The summed E-state index contributed by atoms with van der Waals surface area (Å²) in [7, 11) is 0. The van der Waals surface area contributed by atoms with Gasteiger partial charge in [0.2, 0.25) is 5.95 Å². The lowest BCUT2D eigenvalue weighted by atomic mass is 10.1. The van der Waals surface area contributed by atoms with Crippen LogP contribution in [0.3, 0.4) is 0 Å². The maximum Gasteiger partial charge on any atom is 0.229 e. The van der Waals surface area contributed by atoms with Crippen molar-refractivity contribution in [2.45, 2.75) is 20.8 Å². The number of ketones is 1. The van der Waals surface area contributed by atoms with Crippen LogP contribution in [0.2, 0.25) is 5.02 Å². The number of hydrogen-bond acceptors (Lipinski definition) is 5. The van der Waals surface area contributed by atoms with Gasteiger partial charge in [-0.1, -0.05) is 11.6 Å². The number of nitrogens with one attached hydrogen (secondary N) is 2. The monoisotopic (exact) mass is 366 g/mol. The van der Waals surface area contributed by atoms with Gasteiger partial charge in [-0.3, -0.25) is 4.79 Å². The molecule has 6 heteroatoms. The first-order valence-electron chi connectivity index (χ1n) is 8.17. The van der Waals surface area contributed by atoms with Crippen LogP contribution in [0.4, 0.5) is 23.1 Å². The summed E-state index contributed by atoms with van der Waals surface area (Å²) in [5.74, 6) is 1.20. The van der Waals surface area contributed by atoms with Crippen LogP contribution in [0, 0.1) is 13.8 Å². The Balaban J connectivity index is 1.82.